The number of hydrogen-bond donors (Lipinski definition) is 0. The zero-order chi connectivity index (χ0) is 50.7. The molecular formula is C64H108O6. The normalized spacial score (nSPS) is 12.8. The molecule has 0 amide bonds. The Labute approximate surface area is 432 Å². The monoisotopic (exact) mass is 973 g/mol. The van der Waals surface area contributed by atoms with Gasteiger partial charge >= 0.3 is 17.9 Å². The van der Waals surface area contributed by atoms with Crippen molar-refractivity contribution in [2.24, 2.45) is 0 Å². The van der Waals surface area contributed by atoms with E-state index in [1.807, 2.05) is 0 Å². The van der Waals surface area contributed by atoms with E-state index < -0.39 is 6.10 Å². The summed E-state index contributed by atoms with van der Waals surface area (Å²) in [4.78, 5) is 38.1. The van der Waals surface area contributed by atoms with E-state index in [0.717, 1.165) is 116 Å². The highest BCUT2D eigenvalue weighted by atomic mass is 16.6. The van der Waals surface area contributed by atoms with E-state index in [-0.39, 0.29) is 31.1 Å². The van der Waals surface area contributed by atoms with Crippen LogP contribution in [-0.4, -0.2) is 37.2 Å². The molecule has 70 heavy (non-hydrogen) atoms. The minimum atomic E-state index is -0.791. The van der Waals surface area contributed by atoms with Crippen molar-refractivity contribution in [2.75, 3.05) is 13.2 Å². The summed E-state index contributed by atoms with van der Waals surface area (Å²) in [5, 5.41) is 0. The smallest absolute Gasteiger partial charge is 0.306 e. The molecule has 1 atom stereocenters. The van der Waals surface area contributed by atoms with E-state index in [2.05, 4.69) is 118 Å². The highest BCUT2D eigenvalue weighted by Gasteiger charge is 2.19. The number of hydrogen-bond acceptors (Lipinski definition) is 6. The molecule has 0 aromatic carbocycles. The first-order chi connectivity index (χ1) is 34.5. The summed E-state index contributed by atoms with van der Waals surface area (Å²) in [6, 6.07) is 0. The largest absolute Gasteiger partial charge is 0.462 e. The second-order valence-electron chi connectivity index (χ2n) is 19.2. The number of ether oxygens (including phenoxy) is 3. The average molecular weight is 974 g/mol. The van der Waals surface area contributed by atoms with E-state index in [0.29, 0.717) is 19.3 Å². The van der Waals surface area contributed by atoms with Gasteiger partial charge in [0.05, 0.1) is 0 Å². The van der Waals surface area contributed by atoms with Gasteiger partial charge in [0, 0.05) is 19.3 Å². The molecule has 0 saturated heterocycles. The Morgan fingerprint density at radius 3 is 0.929 bits per heavy atom. The van der Waals surface area contributed by atoms with Crippen LogP contribution in [-0.2, 0) is 28.6 Å². The van der Waals surface area contributed by atoms with Gasteiger partial charge < -0.3 is 14.2 Å². The molecule has 0 spiro atoms. The van der Waals surface area contributed by atoms with Crippen LogP contribution in [0.3, 0.4) is 0 Å². The zero-order valence-corrected chi connectivity index (χ0v) is 45.8. The van der Waals surface area contributed by atoms with Crippen molar-refractivity contribution >= 4 is 17.9 Å². The molecule has 0 aromatic heterocycles. The first-order valence-corrected chi connectivity index (χ1v) is 29.2. The van der Waals surface area contributed by atoms with Crippen LogP contribution in [0.5, 0.6) is 0 Å². The van der Waals surface area contributed by atoms with Crippen LogP contribution in [0.1, 0.15) is 271 Å². The molecule has 0 rings (SSSR count). The van der Waals surface area contributed by atoms with Gasteiger partial charge in [-0.2, -0.15) is 0 Å². The highest BCUT2D eigenvalue weighted by Crippen LogP contribution is 2.14. The van der Waals surface area contributed by atoms with E-state index >= 15 is 0 Å². The fraction of sp³-hybridized carbons (Fsp3) is 0.703. The first kappa shape index (κ1) is 66.3. The van der Waals surface area contributed by atoms with E-state index in [1.54, 1.807) is 0 Å². The van der Waals surface area contributed by atoms with Gasteiger partial charge in [-0.1, -0.05) is 234 Å². The molecule has 0 saturated carbocycles. The van der Waals surface area contributed by atoms with Crippen molar-refractivity contribution in [2.45, 2.75) is 277 Å². The molecular weight excluding hydrogens is 865 g/mol. The molecule has 1 unspecified atom stereocenters. The molecule has 0 heterocycles. The second kappa shape index (κ2) is 57.9. The predicted molar refractivity (Wildman–Crippen MR) is 302 cm³/mol. The summed E-state index contributed by atoms with van der Waals surface area (Å²) in [6.07, 6.45) is 76.8. The van der Waals surface area contributed by atoms with Crippen molar-refractivity contribution in [3.63, 3.8) is 0 Å². The average Bonchev–Trinajstić information content (AvgIpc) is 3.36. The number of esters is 3. The molecule has 6 heteroatoms. The Kier molecular flexibility index (Phi) is 54.9. The van der Waals surface area contributed by atoms with Crippen molar-refractivity contribution in [3.8, 4) is 0 Å². The summed E-state index contributed by atoms with van der Waals surface area (Å²) in [7, 11) is 0. The van der Waals surface area contributed by atoms with Gasteiger partial charge in [-0.05, 0) is 116 Å². The molecule has 0 aliphatic carbocycles. The van der Waals surface area contributed by atoms with Crippen molar-refractivity contribution in [3.05, 3.63) is 97.2 Å². The van der Waals surface area contributed by atoms with Crippen LogP contribution in [0.2, 0.25) is 0 Å². The number of carbonyl (C=O) groups excluding carboxylic acids is 3. The van der Waals surface area contributed by atoms with E-state index in [4.69, 9.17) is 14.2 Å². The minimum Gasteiger partial charge on any atom is -0.462 e. The van der Waals surface area contributed by atoms with Crippen molar-refractivity contribution < 1.29 is 28.6 Å². The maximum absolute atomic E-state index is 12.9. The fourth-order valence-electron chi connectivity index (χ4n) is 7.89. The van der Waals surface area contributed by atoms with Crippen LogP contribution in [0.4, 0.5) is 0 Å². The number of carbonyl (C=O) groups is 3. The maximum atomic E-state index is 12.9. The SMILES string of the molecule is CC/C=C\C/C=C\C/C=C\C/C=C\C/C=C\CCCCCCCCCC(=O)OCC(COC(=O)CCCCCCC/C=C\CCCC)OC(=O)CCCCCCCCC/C=C\C/C=C\CCCCCC. The van der Waals surface area contributed by atoms with E-state index in [9.17, 15) is 14.4 Å². The molecule has 400 valence electrons. The molecule has 0 radical (unpaired) electrons. The molecule has 6 nitrogen and oxygen atoms in total. The predicted octanol–water partition coefficient (Wildman–Crippen LogP) is 19.7. The molecule has 0 aliphatic heterocycles. The van der Waals surface area contributed by atoms with Crippen LogP contribution in [0, 0.1) is 0 Å². The van der Waals surface area contributed by atoms with Crippen LogP contribution in [0.25, 0.3) is 0 Å². The van der Waals surface area contributed by atoms with Crippen LogP contribution < -0.4 is 0 Å². The summed E-state index contributed by atoms with van der Waals surface area (Å²) >= 11 is 0. The topological polar surface area (TPSA) is 78.9 Å². The Balaban J connectivity index is 4.36. The minimum absolute atomic E-state index is 0.0890. The zero-order valence-electron chi connectivity index (χ0n) is 45.8. The lowest BCUT2D eigenvalue weighted by Gasteiger charge is -2.18. The van der Waals surface area contributed by atoms with Gasteiger partial charge in [-0.15, -0.1) is 0 Å². The summed E-state index contributed by atoms with van der Waals surface area (Å²) in [6.45, 7) is 6.46. The second-order valence-corrected chi connectivity index (χ2v) is 19.2. The lowest BCUT2D eigenvalue weighted by Crippen LogP contribution is -2.30. The third kappa shape index (κ3) is 55.3. The van der Waals surface area contributed by atoms with Gasteiger partial charge in [0.1, 0.15) is 13.2 Å². The fourth-order valence-corrected chi connectivity index (χ4v) is 7.89. The molecule has 0 N–H and O–H groups in total. The van der Waals surface area contributed by atoms with Gasteiger partial charge in [0.2, 0.25) is 0 Å². The number of allylic oxidation sites excluding steroid dienone is 16. The number of rotatable bonds is 52. The lowest BCUT2D eigenvalue weighted by atomic mass is 10.1. The maximum Gasteiger partial charge on any atom is 0.306 e. The van der Waals surface area contributed by atoms with Crippen molar-refractivity contribution in [1.29, 1.82) is 0 Å². The number of unbranched alkanes of at least 4 members (excludes halogenated alkanes) is 25. The van der Waals surface area contributed by atoms with Gasteiger partial charge in [-0.25, -0.2) is 0 Å². The highest BCUT2D eigenvalue weighted by molar-refractivity contribution is 5.71. The van der Waals surface area contributed by atoms with E-state index in [1.165, 1.54) is 116 Å². The standard InChI is InChI=1S/C64H108O6/c1-4-7-10-13-16-19-22-24-26-28-30-31-32-33-34-36-37-39-42-45-48-51-54-57-63(66)69-60-61(59-68-62(65)56-53-50-47-44-41-21-18-15-12-9-6-3)70-64(67)58-55-52-49-46-43-40-38-35-29-27-25-23-20-17-14-11-8-5-2/h7,10,15-16,18-20,23-24,26-27,29-31,33-34,61H,4-6,8-9,11-14,17,21-22,25,28,32,35-60H2,1-3H3/b10-7-,18-15-,19-16-,23-20-,26-24-,29-27-,31-30-,34-33-. The summed E-state index contributed by atoms with van der Waals surface area (Å²) in [5.74, 6) is -0.914. The Morgan fingerprint density at radius 2 is 0.571 bits per heavy atom. The van der Waals surface area contributed by atoms with Gasteiger partial charge in [0.25, 0.3) is 0 Å². The molecule has 0 fully saturated rings. The molecule has 0 aliphatic rings. The van der Waals surface area contributed by atoms with Crippen LogP contribution >= 0.6 is 0 Å². The first-order valence-electron chi connectivity index (χ1n) is 29.2. The van der Waals surface area contributed by atoms with Gasteiger partial charge in [0.15, 0.2) is 6.10 Å². The lowest BCUT2D eigenvalue weighted by molar-refractivity contribution is -0.167. The Morgan fingerprint density at radius 1 is 0.300 bits per heavy atom. The Hall–Kier alpha value is -3.67. The third-order valence-electron chi connectivity index (χ3n) is 12.3. The third-order valence-corrected chi connectivity index (χ3v) is 12.3. The quantitative estimate of drug-likeness (QED) is 0.0262. The Bertz CT molecular complexity index is 1400. The molecule has 0 aromatic rings. The molecule has 0 bridgehead atoms. The van der Waals surface area contributed by atoms with Crippen LogP contribution in [0.15, 0.2) is 97.2 Å². The summed E-state index contributed by atoms with van der Waals surface area (Å²) in [5.41, 5.74) is 0. The van der Waals surface area contributed by atoms with Gasteiger partial charge in [-0.3, -0.25) is 14.4 Å². The summed E-state index contributed by atoms with van der Waals surface area (Å²) < 4.78 is 16.8. The van der Waals surface area contributed by atoms with Crippen molar-refractivity contribution in [1.82, 2.24) is 0 Å².